The van der Waals surface area contributed by atoms with Gasteiger partial charge in [-0.2, -0.15) is 0 Å². The van der Waals surface area contributed by atoms with Crippen molar-refractivity contribution >= 4 is 0 Å². The van der Waals surface area contributed by atoms with Gasteiger partial charge in [-0.1, -0.05) is 12.1 Å². The van der Waals surface area contributed by atoms with Crippen LogP contribution in [0.4, 0.5) is 0 Å². The van der Waals surface area contributed by atoms with Crippen LogP contribution in [0.2, 0.25) is 0 Å². The lowest BCUT2D eigenvalue weighted by atomic mass is 10.0. The number of para-hydroxylation sites is 1. The molecule has 0 radical (unpaired) electrons. The lowest BCUT2D eigenvalue weighted by Gasteiger charge is -2.22. The minimum atomic E-state index is -0.759. The number of aliphatic hydroxyl groups is 1. The molecule has 17 heavy (non-hydrogen) atoms. The van der Waals surface area contributed by atoms with Crippen LogP contribution in [-0.2, 0) is 0 Å². The largest absolute Gasteiger partial charge is 0.486 e. The smallest absolute Gasteiger partial charge is 0.167 e. The molecule has 0 bridgehead atoms. The molecule has 1 aliphatic heterocycles. The molecule has 2 heterocycles. The molecule has 1 N–H and O–H groups in total. The number of furan rings is 1. The Hall–Kier alpha value is -1.94. The van der Waals surface area contributed by atoms with Crippen LogP contribution in [0.15, 0.2) is 41.2 Å². The van der Waals surface area contributed by atoms with Crippen LogP contribution in [0.5, 0.6) is 11.5 Å². The van der Waals surface area contributed by atoms with Crippen LogP contribution >= 0.6 is 0 Å². The van der Waals surface area contributed by atoms with E-state index in [9.17, 15) is 5.11 Å². The van der Waals surface area contributed by atoms with Crippen molar-refractivity contribution in [2.45, 2.75) is 6.10 Å². The van der Waals surface area contributed by atoms with Gasteiger partial charge < -0.3 is 19.0 Å². The Kier molecular flexibility index (Phi) is 2.49. The highest BCUT2D eigenvalue weighted by Gasteiger charge is 2.22. The van der Waals surface area contributed by atoms with Gasteiger partial charge in [-0.15, -0.1) is 0 Å². The van der Waals surface area contributed by atoms with E-state index in [4.69, 9.17) is 13.9 Å². The average Bonchev–Trinajstić information content (AvgIpc) is 2.91. The van der Waals surface area contributed by atoms with E-state index in [0.29, 0.717) is 35.8 Å². The lowest BCUT2D eigenvalue weighted by Crippen LogP contribution is -2.17. The topological polar surface area (TPSA) is 51.8 Å². The summed E-state index contributed by atoms with van der Waals surface area (Å²) in [6, 6.07) is 7.23. The summed E-state index contributed by atoms with van der Waals surface area (Å²) in [6.45, 7) is 1.04. The first-order chi connectivity index (χ1) is 8.36. The Balaban J connectivity index is 2.03. The van der Waals surface area contributed by atoms with Crippen molar-refractivity contribution in [2.24, 2.45) is 0 Å². The Labute approximate surface area is 98.4 Å². The molecule has 0 saturated carbocycles. The van der Waals surface area contributed by atoms with Crippen LogP contribution in [0.3, 0.4) is 0 Å². The predicted octanol–water partition coefficient (Wildman–Crippen LogP) is 2.13. The van der Waals surface area contributed by atoms with Crippen LogP contribution in [0.1, 0.15) is 17.2 Å². The number of fused-ring (bicyclic) bond motifs is 1. The van der Waals surface area contributed by atoms with Crippen molar-refractivity contribution in [1.82, 2.24) is 0 Å². The summed E-state index contributed by atoms with van der Waals surface area (Å²) in [5, 5.41) is 10.2. The van der Waals surface area contributed by atoms with Crippen molar-refractivity contribution in [2.75, 3.05) is 13.2 Å². The standard InChI is InChI=1S/C13H12O4/c14-12(9-4-5-15-8-9)10-2-1-3-11-13(10)17-7-6-16-11/h1-5,8,12,14H,6-7H2. The molecule has 1 atom stereocenters. The highest BCUT2D eigenvalue weighted by molar-refractivity contribution is 5.50. The van der Waals surface area contributed by atoms with Crippen LogP contribution < -0.4 is 9.47 Å². The van der Waals surface area contributed by atoms with Gasteiger partial charge >= 0.3 is 0 Å². The number of hydrogen-bond acceptors (Lipinski definition) is 4. The molecule has 0 spiro atoms. The molecule has 2 aromatic rings. The third-order valence-electron chi connectivity index (χ3n) is 2.75. The van der Waals surface area contributed by atoms with Gasteiger partial charge in [-0.05, 0) is 12.1 Å². The molecule has 0 fully saturated rings. The van der Waals surface area contributed by atoms with Crippen molar-refractivity contribution in [3.63, 3.8) is 0 Å². The number of aliphatic hydroxyl groups excluding tert-OH is 1. The summed E-state index contributed by atoms with van der Waals surface area (Å²) < 4.78 is 16.0. The minimum absolute atomic E-state index is 0.502. The molecule has 0 saturated heterocycles. The summed E-state index contributed by atoms with van der Waals surface area (Å²) in [6.07, 6.45) is 2.30. The van der Waals surface area contributed by atoms with Crippen LogP contribution in [0, 0.1) is 0 Å². The van der Waals surface area contributed by atoms with E-state index in [1.54, 1.807) is 6.07 Å². The Morgan fingerprint density at radius 1 is 1.12 bits per heavy atom. The zero-order chi connectivity index (χ0) is 11.7. The second-order valence-electron chi connectivity index (χ2n) is 3.83. The van der Waals surface area contributed by atoms with Gasteiger partial charge in [0.2, 0.25) is 0 Å². The number of rotatable bonds is 2. The highest BCUT2D eigenvalue weighted by atomic mass is 16.6. The highest BCUT2D eigenvalue weighted by Crippen LogP contribution is 2.38. The minimum Gasteiger partial charge on any atom is -0.486 e. The molecule has 4 nitrogen and oxygen atoms in total. The fraction of sp³-hybridized carbons (Fsp3) is 0.231. The zero-order valence-electron chi connectivity index (χ0n) is 9.13. The van der Waals surface area contributed by atoms with Crippen molar-refractivity contribution in [1.29, 1.82) is 0 Å². The third-order valence-corrected chi connectivity index (χ3v) is 2.75. The van der Waals surface area contributed by atoms with E-state index >= 15 is 0 Å². The van der Waals surface area contributed by atoms with E-state index in [1.165, 1.54) is 12.5 Å². The molecule has 0 aliphatic carbocycles. The summed E-state index contributed by atoms with van der Waals surface area (Å²) in [7, 11) is 0. The zero-order valence-corrected chi connectivity index (χ0v) is 9.13. The van der Waals surface area contributed by atoms with Crippen molar-refractivity contribution in [3.8, 4) is 11.5 Å². The Morgan fingerprint density at radius 3 is 2.82 bits per heavy atom. The molecule has 1 aromatic carbocycles. The molecule has 1 unspecified atom stereocenters. The maximum absolute atomic E-state index is 10.2. The van der Waals surface area contributed by atoms with Gasteiger partial charge in [0.05, 0.1) is 12.5 Å². The maximum Gasteiger partial charge on any atom is 0.167 e. The van der Waals surface area contributed by atoms with Crippen molar-refractivity contribution in [3.05, 3.63) is 47.9 Å². The second kappa shape index (κ2) is 4.14. The normalized spacial score (nSPS) is 15.6. The Morgan fingerprint density at radius 2 is 2.00 bits per heavy atom. The average molecular weight is 232 g/mol. The van der Waals surface area contributed by atoms with E-state index in [1.807, 2.05) is 18.2 Å². The van der Waals surface area contributed by atoms with Gasteiger partial charge in [0.1, 0.15) is 19.3 Å². The molecular formula is C13H12O4. The summed E-state index contributed by atoms with van der Waals surface area (Å²) in [5.74, 6) is 1.30. The molecule has 1 aromatic heterocycles. The predicted molar refractivity (Wildman–Crippen MR) is 60.2 cm³/mol. The fourth-order valence-corrected chi connectivity index (χ4v) is 1.92. The van der Waals surface area contributed by atoms with E-state index < -0.39 is 6.10 Å². The summed E-state index contributed by atoms with van der Waals surface area (Å²) in [5.41, 5.74) is 1.40. The number of ether oxygens (including phenoxy) is 2. The van der Waals surface area contributed by atoms with E-state index in [0.717, 1.165) is 0 Å². The molecule has 1 aliphatic rings. The summed E-state index contributed by atoms with van der Waals surface area (Å²) in [4.78, 5) is 0. The maximum atomic E-state index is 10.2. The summed E-state index contributed by atoms with van der Waals surface area (Å²) >= 11 is 0. The monoisotopic (exact) mass is 232 g/mol. The molecular weight excluding hydrogens is 220 g/mol. The van der Waals surface area contributed by atoms with E-state index in [2.05, 4.69) is 0 Å². The number of hydrogen-bond donors (Lipinski definition) is 1. The SMILES string of the molecule is OC(c1ccoc1)c1cccc2c1OCCO2. The number of benzene rings is 1. The first-order valence-corrected chi connectivity index (χ1v) is 5.45. The molecule has 3 rings (SSSR count). The van der Waals surface area contributed by atoms with Gasteiger partial charge in [0.15, 0.2) is 11.5 Å². The fourth-order valence-electron chi connectivity index (χ4n) is 1.92. The van der Waals surface area contributed by atoms with E-state index in [-0.39, 0.29) is 0 Å². The molecule has 4 heteroatoms. The van der Waals surface area contributed by atoms with Gasteiger partial charge in [0.25, 0.3) is 0 Å². The first kappa shape index (κ1) is 10.2. The van der Waals surface area contributed by atoms with Crippen LogP contribution in [0.25, 0.3) is 0 Å². The Bertz CT molecular complexity index is 504. The second-order valence-corrected chi connectivity index (χ2v) is 3.83. The van der Waals surface area contributed by atoms with Gasteiger partial charge in [-0.3, -0.25) is 0 Å². The quantitative estimate of drug-likeness (QED) is 0.861. The molecule has 88 valence electrons. The van der Waals surface area contributed by atoms with Gasteiger partial charge in [0, 0.05) is 11.1 Å². The van der Waals surface area contributed by atoms with Crippen molar-refractivity contribution < 1.29 is 19.0 Å². The van der Waals surface area contributed by atoms with Gasteiger partial charge in [-0.25, -0.2) is 0 Å². The first-order valence-electron chi connectivity index (χ1n) is 5.45. The third kappa shape index (κ3) is 1.76. The lowest BCUT2D eigenvalue weighted by molar-refractivity contribution is 0.158. The van der Waals surface area contributed by atoms with Crippen LogP contribution in [-0.4, -0.2) is 18.3 Å². The molecule has 0 amide bonds.